The summed E-state index contributed by atoms with van der Waals surface area (Å²) < 4.78 is 20.3. The largest absolute Gasteiger partial charge is 0.465 e. The molecule has 36 heavy (non-hydrogen) atoms. The number of ether oxygens (including phenoxy) is 1. The Morgan fingerprint density at radius 3 is 2.69 bits per heavy atom. The van der Waals surface area contributed by atoms with Crippen molar-refractivity contribution in [1.29, 1.82) is 0 Å². The Kier molecular flexibility index (Phi) is 11.3. The smallest absolute Gasteiger partial charge is 0.404 e. The van der Waals surface area contributed by atoms with Crippen LogP contribution < -0.4 is 16.0 Å². The number of carboxylic acid groups (broad SMARTS) is 1. The fraction of sp³-hybridized carbons (Fsp3) is 0.704. The van der Waals surface area contributed by atoms with Gasteiger partial charge >= 0.3 is 12.1 Å². The predicted octanol–water partition coefficient (Wildman–Crippen LogP) is 4.44. The molecule has 2 aliphatic rings. The van der Waals surface area contributed by atoms with Gasteiger partial charge in [0, 0.05) is 38.1 Å². The summed E-state index contributed by atoms with van der Waals surface area (Å²) in [5, 5.41) is 17.7. The number of urea groups is 1. The van der Waals surface area contributed by atoms with E-state index in [1.54, 1.807) is 6.07 Å². The van der Waals surface area contributed by atoms with Gasteiger partial charge in [-0.15, -0.1) is 0 Å². The second-order valence-electron chi connectivity index (χ2n) is 10.3. The SMILES string of the molecule is CNCC(CC1CCCCC1)NC(=O)N1CCCC(C(OCCNC(=O)O)c2cc(F)ccc2C)C1. The number of likely N-dealkylation sites (N-methyl/N-ethyl adjacent to an activating group) is 1. The van der Waals surface area contributed by atoms with Gasteiger partial charge in [0.25, 0.3) is 0 Å². The van der Waals surface area contributed by atoms with Crippen LogP contribution >= 0.6 is 0 Å². The number of nitrogens with zero attached hydrogens (tertiary/aromatic N) is 1. The second-order valence-corrected chi connectivity index (χ2v) is 10.3. The molecule has 0 spiro atoms. The van der Waals surface area contributed by atoms with Crippen LogP contribution in [-0.2, 0) is 4.74 Å². The zero-order valence-electron chi connectivity index (χ0n) is 21.7. The van der Waals surface area contributed by atoms with E-state index in [4.69, 9.17) is 9.84 Å². The molecule has 0 radical (unpaired) electrons. The Labute approximate surface area is 214 Å². The number of halogens is 1. The van der Waals surface area contributed by atoms with Gasteiger partial charge in [-0.3, -0.25) is 0 Å². The molecule has 4 N–H and O–H groups in total. The molecule has 1 saturated heterocycles. The average Bonchev–Trinajstić information content (AvgIpc) is 2.86. The molecule has 1 saturated carbocycles. The number of rotatable bonds is 11. The van der Waals surface area contributed by atoms with E-state index in [-0.39, 0.29) is 37.0 Å². The third kappa shape index (κ3) is 8.62. The summed E-state index contributed by atoms with van der Waals surface area (Å²) >= 11 is 0. The van der Waals surface area contributed by atoms with Crippen LogP contribution in [-0.4, -0.2) is 68.0 Å². The molecule has 3 rings (SSSR count). The summed E-state index contributed by atoms with van der Waals surface area (Å²) in [5.74, 6) is 0.312. The Morgan fingerprint density at radius 2 is 1.97 bits per heavy atom. The van der Waals surface area contributed by atoms with Crippen LogP contribution in [0.15, 0.2) is 18.2 Å². The summed E-state index contributed by atoms with van der Waals surface area (Å²) in [6.07, 6.45) is 7.49. The van der Waals surface area contributed by atoms with Crippen molar-refractivity contribution < 1.29 is 23.8 Å². The van der Waals surface area contributed by atoms with Gasteiger partial charge in [-0.05, 0) is 62.4 Å². The Balaban J connectivity index is 1.66. The Bertz CT molecular complexity index is 849. The van der Waals surface area contributed by atoms with Crippen LogP contribution in [0, 0.1) is 24.6 Å². The molecule has 202 valence electrons. The summed E-state index contributed by atoms with van der Waals surface area (Å²) in [5.41, 5.74) is 1.67. The predicted molar refractivity (Wildman–Crippen MR) is 138 cm³/mol. The number of amides is 3. The summed E-state index contributed by atoms with van der Waals surface area (Å²) in [6, 6.07) is 4.69. The summed E-state index contributed by atoms with van der Waals surface area (Å²) in [6.45, 7) is 4.15. The lowest BCUT2D eigenvalue weighted by molar-refractivity contribution is -0.00901. The highest BCUT2D eigenvalue weighted by atomic mass is 19.1. The van der Waals surface area contributed by atoms with Crippen LogP contribution in [0.5, 0.6) is 0 Å². The molecule has 2 fully saturated rings. The van der Waals surface area contributed by atoms with Crippen molar-refractivity contribution in [1.82, 2.24) is 20.9 Å². The molecule has 1 aliphatic heterocycles. The number of benzene rings is 1. The molecular weight excluding hydrogens is 463 g/mol. The van der Waals surface area contributed by atoms with E-state index in [9.17, 15) is 14.0 Å². The Hall–Kier alpha value is -2.39. The van der Waals surface area contributed by atoms with Gasteiger partial charge in [-0.25, -0.2) is 14.0 Å². The molecule has 3 atom stereocenters. The normalized spacial score (nSPS) is 20.5. The van der Waals surface area contributed by atoms with E-state index >= 15 is 0 Å². The van der Waals surface area contributed by atoms with Crippen LogP contribution in [0.2, 0.25) is 0 Å². The number of hydrogen-bond acceptors (Lipinski definition) is 4. The van der Waals surface area contributed by atoms with Crippen LogP contribution in [0.3, 0.4) is 0 Å². The van der Waals surface area contributed by atoms with E-state index in [1.807, 2.05) is 18.9 Å². The van der Waals surface area contributed by atoms with Gasteiger partial charge < -0.3 is 30.7 Å². The number of piperidine rings is 1. The molecule has 9 heteroatoms. The van der Waals surface area contributed by atoms with Crippen molar-refractivity contribution >= 4 is 12.1 Å². The first kappa shape index (κ1) is 28.2. The lowest BCUT2D eigenvalue weighted by atomic mass is 9.84. The number of aryl methyl sites for hydroxylation is 1. The summed E-state index contributed by atoms with van der Waals surface area (Å²) in [4.78, 5) is 26.0. The van der Waals surface area contributed by atoms with Gasteiger partial charge in [-0.2, -0.15) is 0 Å². The van der Waals surface area contributed by atoms with Gasteiger partial charge in [0.1, 0.15) is 5.82 Å². The standard InChI is InChI=1S/C27H43FN4O4/c1-19-10-11-22(28)16-24(19)25(36-14-12-30-27(34)35)21-9-6-13-32(18-21)26(33)31-23(17-29-2)15-20-7-4-3-5-8-20/h10-11,16,20-21,23,25,29-30H,3-9,12-15,17-18H2,1-2H3,(H,31,33)(H,34,35). The van der Waals surface area contributed by atoms with E-state index in [0.29, 0.717) is 19.0 Å². The molecule has 1 heterocycles. The first-order valence-corrected chi connectivity index (χ1v) is 13.4. The van der Waals surface area contributed by atoms with Crippen molar-refractivity contribution in [2.75, 3.05) is 39.8 Å². The molecule has 8 nitrogen and oxygen atoms in total. The van der Waals surface area contributed by atoms with E-state index in [2.05, 4.69) is 16.0 Å². The fourth-order valence-electron chi connectivity index (χ4n) is 5.71. The number of carbonyl (C=O) groups is 2. The minimum absolute atomic E-state index is 0.0177. The molecule has 1 aliphatic carbocycles. The zero-order chi connectivity index (χ0) is 25.9. The van der Waals surface area contributed by atoms with Crippen molar-refractivity contribution in [3.63, 3.8) is 0 Å². The number of carbonyl (C=O) groups excluding carboxylic acids is 1. The lowest BCUT2D eigenvalue weighted by Gasteiger charge is -2.38. The minimum atomic E-state index is -1.11. The molecule has 1 aromatic rings. The zero-order valence-corrected chi connectivity index (χ0v) is 21.7. The molecule has 1 aromatic carbocycles. The molecule has 3 unspecified atom stereocenters. The first-order valence-electron chi connectivity index (χ1n) is 13.4. The van der Waals surface area contributed by atoms with Crippen molar-refractivity contribution in [2.45, 2.75) is 70.4 Å². The van der Waals surface area contributed by atoms with Crippen molar-refractivity contribution in [3.8, 4) is 0 Å². The van der Waals surface area contributed by atoms with E-state index < -0.39 is 12.2 Å². The van der Waals surface area contributed by atoms with Crippen LogP contribution in [0.1, 0.15) is 68.6 Å². The van der Waals surface area contributed by atoms with Gasteiger partial charge in [0.15, 0.2) is 0 Å². The highest BCUT2D eigenvalue weighted by Gasteiger charge is 2.33. The van der Waals surface area contributed by atoms with Gasteiger partial charge in [-0.1, -0.05) is 38.2 Å². The number of nitrogens with one attached hydrogen (secondary N) is 3. The molecule has 3 amide bonds. The van der Waals surface area contributed by atoms with Gasteiger partial charge in [0.05, 0.1) is 12.7 Å². The van der Waals surface area contributed by atoms with Crippen molar-refractivity contribution in [3.05, 3.63) is 35.1 Å². The monoisotopic (exact) mass is 506 g/mol. The molecule has 0 aromatic heterocycles. The van der Waals surface area contributed by atoms with Crippen LogP contribution in [0.25, 0.3) is 0 Å². The highest BCUT2D eigenvalue weighted by Crippen LogP contribution is 2.35. The fourth-order valence-corrected chi connectivity index (χ4v) is 5.71. The average molecular weight is 507 g/mol. The van der Waals surface area contributed by atoms with Crippen LogP contribution in [0.4, 0.5) is 14.0 Å². The maximum Gasteiger partial charge on any atom is 0.404 e. The van der Waals surface area contributed by atoms with Gasteiger partial charge in [0.2, 0.25) is 0 Å². The minimum Gasteiger partial charge on any atom is -0.465 e. The maximum absolute atomic E-state index is 14.2. The van der Waals surface area contributed by atoms with E-state index in [1.165, 1.54) is 44.2 Å². The molecule has 0 bridgehead atoms. The quantitative estimate of drug-likeness (QED) is 0.332. The summed E-state index contributed by atoms with van der Waals surface area (Å²) in [7, 11) is 1.92. The topological polar surface area (TPSA) is 103 Å². The first-order chi connectivity index (χ1) is 17.4. The highest BCUT2D eigenvalue weighted by molar-refractivity contribution is 5.74. The number of hydrogen-bond donors (Lipinski definition) is 4. The third-order valence-corrected chi connectivity index (χ3v) is 7.52. The van der Waals surface area contributed by atoms with Crippen molar-refractivity contribution in [2.24, 2.45) is 11.8 Å². The van der Waals surface area contributed by atoms with E-state index in [0.717, 1.165) is 36.9 Å². The second kappa shape index (κ2) is 14.4. The third-order valence-electron chi connectivity index (χ3n) is 7.52. The Morgan fingerprint density at radius 1 is 1.19 bits per heavy atom. The lowest BCUT2D eigenvalue weighted by Crippen LogP contribution is -2.52. The maximum atomic E-state index is 14.2. The molecular formula is C27H43FN4O4. The number of likely N-dealkylation sites (tertiary alicyclic amines) is 1.